The number of piperidine rings is 1. The van der Waals surface area contributed by atoms with Crippen molar-refractivity contribution in [3.63, 3.8) is 0 Å². The maximum atomic E-state index is 13.7. The standard InChI is InChI=1S/C30H40ClN5O3/c1-5-30(3,4)29(39)35(6-2)16-8-9-21-13-17-34(18-14-21)20-26(37)36-25-12-11-22(31)19-23(25)28(38)33-24-10-7-15-32-27(24)36/h7,10-12,15,19,21H,5-6,8-9,13-14,16-18,20H2,1-4H3,(H,33,38). The highest BCUT2D eigenvalue weighted by Crippen LogP contribution is 2.37. The van der Waals surface area contributed by atoms with Crippen molar-refractivity contribution < 1.29 is 14.4 Å². The number of pyridine rings is 1. The van der Waals surface area contributed by atoms with Gasteiger partial charge in [0, 0.05) is 29.7 Å². The Labute approximate surface area is 236 Å². The zero-order valence-electron chi connectivity index (χ0n) is 23.5. The van der Waals surface area contributed by atoms with Crippen LogP contribution in [0.3, 0.4) is 0 Å². The Morgan fingerprint density at radius 1 is 1.18 bits per heavy atom. The Balaban J connectivity index is 1.35. The highest BCUT2D eigenvalue weighted by molar-refractivity contribution is 6.31. The van der Waals surface area contributed by atoms with Gasteiger partial charge in [-0.25, -0.2) is 4.98 Å². The number of carbonyl (C=O) groups excluding carboxylic acids is 3. The fourth-order valence-electron chi connectivity index (χ4n) is 5.36. The van der Waals surface area contributed by atoms with E-state index >= 15 is 0 Å². The number of likely N-dealkylation sites (tertiary alicyclic amines) is 1. The van der Waals surface area contributed by atoms with Gasteiger partial charge in [0.1, 0.15) is 0 Å². The molecule has 0 bridgehead atoms. The Kier molecular flexibility index (Phi) is 9.28. The summed E-state index contributed by atoms with van der Waals surface area (Å²) in [6, 6.07) is 8.45. The molecule has 1 aromatic heterocycles. The minimum absolute atomic E-state index is 0.135. The molecule has 0 radical (unpaired) electrons. The summed E-state index contributed by atoms with van der Waals surface area (Å²) in [6.45, 7) is 11.6. The number of aromatic nitrogens is 1. The number of fused-ring (bicyclic) bond motifs is 2. The molecule has 1 fully saturated rings. The lowest BCUT2D eigenvalue weighted by molar-refractivity contribution is -0.140. The molecule has 3 amide bonds. The van der Waals surface area contributed by atoms with Gasteiger partial charge in [0.25, 0.3) is 5.91 Å². The first-order chi connectivity index (χ1) is 18.6. The molecule has 2 aromatic rings. The Bertz CT molecular complexity index is 1210. The molecule has 0 aliphatic carbocycles. The van der Waals surface area contributed by atoms with Crippen LogP contribution in [-0.2, 0) is 9.59 Å². The molecule has 39 heavy (non-hydrogen) atoms. The Hall–Kier alpha value is -2.97. The van der Waals surface area contributed by atoms with Gasteiger partial charge >= 0.3 is 0 Å². The van der Waals surface area contributed by atoms with Gasteiger partial charge in [-0.3, -0.25) is 24.2 Å². The maximum Gasteiger partial charge on any atom is 0.257 e. The van der Waals surface area contributed by atoms with E-state index in [0.717, 1.165) is 58.3 Å². The number of hydrogen-bond acceptors (Lipinski definition) is 5. The van der Waals surface area contributed by atoms with Gasteiger partial charge in [0.05, 0.1) is 23.5 Å². The first-order valence-corrected chi connectivity index (χ1v) is 14.4. The van der Waals surface area contributed by atoms with Crippen molar-refractivity contribution in [2.24, 2.45) is 11.3 Å². The number of nitrogens with zero attached hydrogens (tertiary/aromatic N) is 4. The summed E-state index contributed by atoms with van der Waals surface area (Å²) in [7, 11) is 0. The van der Waals surface area contributed by atoms with E-state index < -0.39 is 0 Å². The van der Waals surface area contributed by atoms with Crippen LogP contribution in [0.15, 0.2) is 36.5 Å². The molecular weight excluding hydrogens is 514 g/mol. The van der Waals surface area contributed by atoms with Crippen molar-refractivity contribution in [2.75, 3.05) is 42.9 Å². The predicted octanol–water partition coefficient (Wildman–Crippen LogP) is 5.74. The van der Waals surface area contributed by atoms with Gasteiger partial charge < -0.3 is 10.2 Å². The average Bonchev–Trinajstić information content (AvgIpc) is 3.05. The highest BCUT2D eigenvalue weighted by atomic mass is 35.5. The summed E-state index contributed by atoms with van der Waals surface area (Å²) < 4.78 is 0. The van der Waals surface area contributed by atoms with Crippen LogP contribution in [0.5, 0.6) is 0 Å². The number of nitrogens with one attached hydrogen (secondary N) is 1. The molecule has 9 heteroatoms. The van der Waals surface area contributed by atoms with E-state index in [1.54, 1.807) is 41.4 Å². The number of benzene rings is 1. The fraction of sp³-hybridized carbons (Fsp3) is 0.533. The summed E-state index contributed by atoms with van der Waals surface area (Å²) in [5.41, 5.74) is 1.00. The van der Waals surface area contributed by atoms with Crippen LogP contribution in [0.25, 0.3) is 0 Å². The molecule has 8 nitrogen and oxygen atoms in total. The van der Waals surface area contributed by atoms with Crippen molar-refractivity contribution in [3.05, 3.63) is 47.1 Å². The molecule has 4 rings (SSSR count). The first-order valence-electron chi connectivity index (χ1n) is 14.0. The van der Waals surface area contributed by atoms with Crippen LogP contribution in [0.2, 0.25) is 5.02 Å². The molecule has 1 N–H and O–H groups in total. The van der Waals surface area contributed by atoms with Crippen molar-refractivity contribution in [2.45, 2.75) is 59.8 Å². The van der Waals surface area contributed by atoms with Crippen LogP contribution < -0.4 is 10.2 Å². The van der Waals surface area contributed by atoms with Crippen LogP contribution >= 0.6 is 11.6 Å². The second kappa shape index (κ2) is 12.5. The van der Waals surface area contributed by atoms with Gasteiger partial charge in [-0.1, -0.05) is 32.4 Å². The van der Waals surface area contributed by atoms with Crippen molar-refractivity contribution in [1.29, 1.82) is 0 Å². The van der Waals surface area contributed by atoms with Gasteiger partial charge in [-0.15, -0.1) is 0 Å². The lowest BCUT2D eigenvalue weighted by atomic mass is 9.88. The third kappa shape index (κ3) is 6.61. The number of amides is 3. The molecule has 1 saturated heterocycles. The zero-order chi connectivity index (χ0) is 28.2. The average molecular weight is 554 g/mol. The summed E-state index contributed by atoms with van der Waals surface area (Å²) >= 11 is 6.18. The Morgan fingerprint density at radius 2 is 1.92 bits per heavy atom. The molecule has 0 spiro atoms. The van der Waals surface area contributed by atoms with Crippen molar-refractivity contribution in [3.8, 4) is 0 Å². The van der Waals surface area contributed by atoms with Gasteiger partial charge in [0.15, 0.2) is 5.82 Å². The van der Waals surface area contributed by atoms with Gasteiger partial charge in [-0.2, -0.15) is 0 Å². The highest BCUT2D eigenvalue weighted by Gasteiger charge is 2.33. The second-order valence-corrected chi connectivity index (χ2v) is 11.6. The van der Waals surface area contributed by atoms with Crippen LogP contribution in [0.4, 0.5) is 17.2 Å². The number of hydrogen-bond donors (Lipinski definition) is 1. The van der Waals surface area contributed by atoms with E-state index in [0.29, 0.717) is 33.7 Å². The van der Waals surface area contributed by atoms with Crippen LogP contribution in [0, 0.1) is 11.3 Å². The third-order valence-corrected chi connectivity index (χ3v) is 8.41. The first kappa shape index (κ1) is 29.0. The van der Waals surface area contributed by atoms with Crippen molar-refractivity contribution in [1.82, 2.24) is 14.8 Å². The lowest BCUT2D eigenvalue weighted by Crippen LogP contribution is -2.43. The summed E-state index contributed by atoms with van der Waals surface area (Å²) in [5.74, 6) is 0.789. The van der Waals surface area contributed by atoms with Gasteiger partial charge in [-0.05, 0) is 88.4 Å². The number of halogens is 1. The maximum absolute atomic E-state index is 13.7. The molecule has 210 valence electrons. The quantitative estimate of drug-likeness (QED) is 0.428. The van der Waals surface area contributed by atoms with E-state index in [-0.39, 0.29) is 29.7 Å². The van der Waals surface area contributed by atoms with Crippen LogP contribution in [-0.4, -0.2) is 65.2 Å². The minimum atomic E-state index is -0.320. The van der Waals surface area contributed by atoms with Crippen molar-refractivity contribution >= 4 is 46.5 Å². The fourth-order valence-corrected chi connectivity index (χ4v) is 5.53. The molecule has 2 aliphatic rings. The smallest absolute Gasteiger partial charge is 0.257 e. The summed E-state index contributed by atoms with van der Waals surface area (Å²) in [6.07, 6.45) is 6.59. The SMILES string of the molecule is CCN(CCCC1CCN(CC(=O)N2c3ccc(Cl)cc3C(=O)Nc3cccnc32)CC1)C(=O)C(C)(C)CC. The normalized spacial score (nSPS) is 16.2. The molecule has 3 heterocycles. The van der Waals surface area contributed by atoms with E-state index in [1.165, 1.54) is 0 Å². The molecular formula is C30H40ClN5O3. The molecule has 0 atom stereocenters. The van der Waals surface area contributed by atoms with E-state index in [1.807, 2.05) is 18.7 Å². The second-order valence-electron chi connectivity index (χ2n) is 11.2. The number of carbonyl (C=O) groups is 3. The van der Waals surface area contributed by atoms with E-state index in [4.69, 9.17) is 11.6 Å². The summed E-state index contributed by atoms with van der Waals surface area (Å²) in [4.78, 5) is 49.6. The predicted molar refractivity (Wildman–Crippen MR) is 156 cm³/mol. The van der Waals surface area contributed by atoms with Crippen LogP contribution in [0.1, 0.15) is 70.2 Å². The Morgan fingerprint density at radius 3 is 2.62 bits per heavy atom. The molecule has 0 unspecified atom stereocenters. The van der Waals surface area contributed by atoms with E-state index in [9.17, 15) is 14.4 Å². The number of anilines is 3. The third-order valence-electron chi connectivity index (χ3n) is 8.18. The zero-order valence-corrected chi connectivity index (χ0v) is 24.3. The lowest BCUT2D eigenvalue weighted by Gasteiger charge is -2.34. The summed E-state index contributed by atoms with van der Waals surface area (Å²) in [5, 5.41) is 3.29. The van der Waals surface area contributed by atoms with Gasteiger partial charge in [0.2, 0.25) is 11.8 Å². The largest absolute Gasteiger partial charge is 0.343 e. The number of rotatable bonds is 9. The monoisotopic (exact) mass is 553 g/mol. The minimum Gasteiger partial charge on any atom is -0.343 e. The topological polar surface area (TPSA) is 85.8 Å². The van der Waals surface area contributed by atoms with E-state index in [2.05, 4.69) is 29.0 Å². The molecule has 0 saturated carbocycles. The molecule has 1 aromatic carbocycles. The molecule has 2 aliphatic heterocycles.